The molecule has 0 saturated carbocycles. The molecule has 0 bridgehead atoms. The third-order valence-corrected chi connectivity index (χ3v) is 3.31. The summed E-state index contributed by atoms with van der Waals surface area (Å²) in [7, 11) is 0. The number of nitrogen functional groups attached to an aromatic ring is 1. The van der Waals surface area contributed by atoms with Crippen LogP contribution in [0.1, 0.15) is 20.8 Å². The Morgan fingerprint density at radius 3 is 2.72 bits per heavy atom. The average molecular weight is 262 g/mol. The number of hydrogen-bond donors (Lipinski definition) is 3. The monoisotopic (exact) mass is 262 g/mol. The second-order valence-electron chi connectivity index (χ2n) is 3.90. The number of hydrogen-bond acceptors (Lipinski definition) is 5. The Kier molecular flexibility index (Phi) is 3.59. The number of hydrazine groups is 1. The molecule has 94 valence electrons. The van der Waals surface area contributed by atoms with E-state index in [0.29, 0.717) is 10.7 Å². The van der Waals surface area contributed by atoms with Gasteiger partial charge < -0.3 is 5.43 Å². The predicted octanol–water partition coefficient (Wildman–Crippen LogP) is 2.30. The van der Waals surface area contributed by atoms with Crippen LogP contribution in [0.4, 0.5) is 10.8 Å². The zero-order valence-electron chi connectivity index (χ0n) is 10.2. The van der Waals surface area contributed by atoms with Crippen LogP contribution >= 0.6 is 11.3 Å². The van der Waals surface area contributed by atoms with Crippen molar-refractivity contribution >= 4 is 28.1 Å². The summed E-state index contributed by atoms with van der Waals surface area (Å²) in [5.74, 6) is 5.15. The number of carbonyl (C=O) groups is 1. The van der Waals surface area contributed by atoms with Gasteiger partial charge >= 0.3 is 0 Å². The van der Waals surface area contributed by atoms with Crippen molar-refractivity contribution in [3.63, 3.8) is 0 Å². The molecule has 1 amide bonds. The minimum atomic E-state index is -0.162. The zero-order valence-corrected chi connectivity index (χ0v) is 11.0. The highest BCUT2D eigenvalue weighted by Gasteiger charge is 2.11. The van der Waals surface area contributed by atoms with Crippen LogP contribution in [0.5, 0.6) is 0 Å². The van der Waals surface area contributed by atoms with Crippen molar-refractivity contribution in [1.82, 2.24) is 4.98 Å². The maximum Gasteiger partial charge on any atom is 0.257 e. The van der Waals surface area contributed by atoms with Gasteiger partial charge in [0.25, 0.3) is 5.91 Å². The molecule has 0 aliphatic heterocycles. The van der Waals surface area contributed by atoms with Crippen molar-refractivity contribution in [2.24, 2.45) is 5.84 Å². The van der Waals surface area contributed by atoms with Gasteiger partial charge in [-0.05, 0) is 37.6 Å². The molecular formula is C12H14N4OS. The molecule has 0 spiro atoms. The summed E-state index contributed by atoms with van der Waals surface area (Å²) in [6.07, 6.45) is 1.73. The fourth-order valence-electron chi connectivity index (χ4n) is 1.59. The van der Waals surface area contributed by atoms with Crippen LogP contribution in [0.2, 0.25) is 0 Å². The molecule has 0 atom stereocenters. The Hall–Kier alpha value is -1.92. The molecule has 6 heteroatoms. The second kappa shape index (κ2) is 5.16. The summed E-state index contributed by atoms with van der Waals surface area (Å²) in [6, 6.07) is 5.32. The molecule has 0 unspecified atom stereocenters. The molecule has 0 radical (unpaired) electrons. The van der Waals surface area contributed by atoms with E-state index in [2.05, 4.69) is 15.7 Å². The molecule has 5 nitrogen and oxygen atoms in total. The molecule has 0 aliphatic carbocycles. The lowest BCUT2D eigenvalue weighted by molar-refractivity contribution is 0.102. The summed E-state index contributed by atoms with van der Waals surface area (Å²) in [5, 5.41) is 3.38. The first-order chi connectivity index (χ1) is 8.60. The molecule has 1 heterocycles. The van der Waals surface area contributed by atoms with Gasteiger partial charge in [-0.1, -0.05) is 0 Å². The van der Waals surface area contributed by atoms with Crippen LogP contribution in [0.3, 0.4) is 0 Å². The molecule has 0 fully saturated rings. The zero-order chi connectivity index (χ0) is 13.1. The van der Waals surface area contributed by atoms with Crippen LogP contribution in [0.15, 0.2) is 24.4 Å². The van der Waals surface area contributed by atoms with E-state index in [4.69, 9.17) is 5.84 Å². The molecule has 18 heavy (non-hydrogen) atoms. The number of nitrogens with one attached hydrogen (secondary N) is 2. The molecule has 0 aliphatic rings. The smallest absolute Gasteiger partial charge is 0.257 e. The van der Waals surface area contributed by atoms with Gasteiger partial charge in [0.05, 0.1) is 0 Å². The van der Waals surface area contributed by atoms with Gasteiger partial charge in [0.15, 0.2) is 5.13 Å². The number of aryl methyl sites for hydroxylation is 2. The summed E-state index contributed by atoms with van der Waals surface area (Å²) in [6.45, 7) is 3.81. The molecule has 1 aromatic carbocycles. The number of carbonyl (C=O) groups excluding carboxylic acids is 1. The second-order valence-corrected chi connectivity index (χ2v) is 5.14. The topological polar surface area (TPSA) is 80.0 Å². The Morgan fingerprint density at radius 2 is 2.17 bits per heavy atom. The minimum Gasteiger partial charge on any atom is -0.324 e. The van der Waals surface area contributed by atoms with Crippen LogP contribution in [-0.4, -0.2) is 10.9 Å². The van der Waals surface area contributed by atoms with Crippen molar-refractivity contribution in [3.8, 4) is 0 Å². The number of nitrogens with two attached hydrogens (primary N) is 1. The van der Waals surface area contributed by atoms with Crippen molar-refractivity contribution in [1.29, 1.82) is 0 Å². The van der Waals surface area contributed by atoms with E-state index >= 15 is 0 Å². The van der Waals surface area contributed by atoms with Gasteiger partial charge in [-0.2, -0.15) is 0 Å². The van der Waals surface area contributed by atoms with Crippen LogP contribution in [-0.2, 0) is 0 Å². The number of nitrogens with zero attached hydrogens (tertiary/aromatic N) is 1. The summed E-state index contributed by atoms with van der Waals surface area (Å²) < 4.78 is 0. The van der Waals surface area contributed by atoms with Gasteiger partial charge in [0.2, 0.25) is 0 Å². The van der Waals surface area contributed by atoms with E-state index in [-0.39, 0.29) is 5.91 Å². The Labute approximate surface area is 109 Å². The first kappa shape index (κ1) is 12.5. The highest BCUT2D eigenvalue weighted by atomic mass is 32.1. The lowest BCUT2D eigenvalue weighted by Gasteiger charge is -2.07. The number of anilines is 2. The van der Waals surface area contributed by atoms with E-state index in [0.717, 1.165) is 16.1 Å². The number of thiazole rings is 1. The predicted molar refractivity (Wildman–Crippen MR) is 73.8 cm³/mol. The molecule has 0 saturated heterocycles. The van der Waals surface area contributed by atoms with Crippen LogP contribution < -0.4 is 16.6 Å². The molecule has 2 rings (SSSR count). The van der Waals surface area contributed by atoms with Crippen molar-refractivity contribution in [2.45, 2.75) is 13.8 Å². The Bertz CT molecular complexity index is 579. The first-order valence-corrected chi connectivity index (χ1v) is 6.23. The fourth-order valence-corrected chi connectivity index (χ4v) is 2.24. The van der Waals surface area contributed by atoms with E-state index in [9.17, 15) is 4.79 Å². The van der Waals surface area contributed by atoms with Crippen molar-refractivity contribution in [2.75, 3.05) is 10.7 Å². The summed E-state index contributed by atoms with van der Waals surface area (Å²) in [5.41, 5.74) is 4.79. The van der Waals surface area contributed by atoms with Gasteiger partial charge in [0, 0.05) is 22.3 Å². The van der Waals surface area contributed by atoms with Crippen molar-refractivity contribution < 1.29 is 4.79 Å². The van der Waals surface area contributed by atoms with E-state index in [1.165, 1.54) is 11.3 Å². The van der Waals surface area contributed by atoms with Gasteiger partial charge in [-0.3, -0.25) is 16.0 Å². The lowest BCUT2D eigenvalue weighted by Crippen LogP contribution is -2.14. The Morgan fingerprint density at radius 1 is 1.39 bits per heavy atom. The number of amides is 1. The highest BCUT2D eigenvalue weighted by molar-refractivity contribution is 7.15. The SMILES string of the molecule is Cc1cnc(NC(=O)c2ccc(NN)cc2C)s1. The molecule has 1 aromatic heterocycles. The fraction of sp³-hybridized carbons (Fsp3) is 0.167. The standard InChI is InChI=1S/C12H14N4OS/c1-7-5-9(16-13)3-4-10(7)11(17)15-12-14-6-8(2)18-12/h3-6,16H,13H2,1-2H3,(H,14,15,17). The number of rotatable bonds is 3. The van der Waals surface area contributed by atoms with E-state index in [1.807, 2.05) is 19.9 Å². The maximum atomic E-state index is 12.0. The lowest BCUT2D eigenvalue weighted by atomic mass is 10.1. The average Bonchev–Trinajstić information content (AvgIpc) is 2.74. The van der Waals surface area contributed by atoms with Crippen LogP contribution in [0, 0.1) is 13.8 Å². The van der Waals surface area contributed by atoms with Gasteiger partial charge in [-0.15, -0.1) is 11.3 Å². The molecule has 4 N–H and O–H groups in total. The van der Waals surface area contributed by atoms with Crippen LogP contribution in [0.25, 0.3) is 0 Å². The van der Waals surface area contributed by atoms with Gasteiger partial charge in [-0.25, -0.2) is 4.98 Å². The van der Waals surface area contributed by atoms with E-state index < -0.39 is 0 Å². The quantitative estimate of drug-likeness (QED) is 0.585. The highest BCUT2D eigenvalue weighted by Crippen LogP contribution is 2.19. The van der Waals surface area contributed by atoms with Crippen molar-refractivity contribution in [3.05, 3.63) is 40.4 Å². The number of aromatic nitrogens is 1. The molecular weight excluding hydrogens is 248 g/mol. The van der Waals surface area contributed by atoms with Gasteiger partial charge in [0.1, 0.15) is 0 Å². The first-order valence-electron chi connectivity index (χ1n) is 5.41. The normalized spacial score (nSPS) is 10.2. The summed E-state index contributed by atoms with van der Waals surface area (Å²) in [4.78, 5) is 17.2. The third-order valence-electron chi connectivity index (χ3n) is 2.48. The largest absolute Gasteiger partial charge is 0.324 e. The molecule has 2 aromatic rings. The third kappa shape index (κ3) is 2.66. The number of benzene rings is 1. The Balaban J connectivity index is 2.18. The minimum absolute atomic E-state index is 0.162. The van der Waals surface area contributed by atoms with E-state index in [1.54, 1.807) is 18.3 Å². The summed E-state index contributed by atoms with van der Waals surface area (Å²) >= 11 is 1.45. The maximum absolute atomic E-state index is 12.0.